The number of anilines is 1. The maximum absolute atomic E-state index is 12.0. The van der Waals surface area contributed by atoms with Gasteiger partial charge < -0.3 is 9.88 Å². The SMILES string of the molecule is Cn1ccnc1C(=O)Nc1cnc(-c2ccccn2)nc1. The van der Waals surface area contributed by atoms with Gasteiger partial charge in [-0.3, -0.25) is 9.78 Å². The van der Waals surface area contributed by atoms with Crippen molar-refractivity contribution in [3.05, 3.63) is 55.0 Å². The van der Waals surface area contributed by atoms with Crippen molar-refractivity contribution in [2.24, 2.45) is 7.05 Å². The number of aromatic nitrogens is 5. The molecular weight excluding hydrogens is 268 g/mol. The van der Waals surface area contributed by atoms with Crippen molar-refractivity contribution >= 4 is 11.6 Å². The normalized spacial score (nSPS) is 10.3. The highest BCUT2D eigenvalue weighted by molar-refractivity contribution is 6.01. The van der Waals surface area contributed by atoms with Gasteiger partial charge in [0.2, 0.25) is 0 Å². The number of nitrogens with zero attached hydrogens (tertiary/aromatic N) is 5. The third kappa shape index (κ3) is 2.76. The first-order valence-electron chi connectivity index (χ1n) is 6.26. The molecule has 0 unspecified atom stereocenters. The second kappa shape index (κ2) is 5.49. The molecule has 3 rings (SSSR count). The molecule has 0 spiro atoms. The molecule has 7 nitrogen and oxygen atoms in total. The Hall–Kier alpha value is -3.09. The maximum atomic E-state index is 12.0. The lowest BCUT2D eigenvalue weighted by molar-refractivity contribution is 0.101. The fourth-order valence-corrected chi connectivity index (χ4v) is 1.79. The maximum Gasteiger partial charge on any atom is 0.291 e. The molecule has 0 atom stereocenters. The third-order valence-electron chi connectivity index (χ3n) is 2.83. The Bertz CT molecular complexity index is 751. The zero-order valence-electron chi connectivity index (χ0n) is 11.3. The first-order chi connectivity index (χ1) is 10.2. The standard InChI is InChI=1S/C14H12N6O/c1-20-7-6-16-13(20)14(21)19-10-8-17-12(18-9-10)11-4-2-3-5-15-11/h2-9H,1H3,(H,19,21). The summed E-state index contributed by atoms with van der Waals surface area (Å²) in [6.07, 6.45) is 8.02. The molecule has 3 aromatic heterocycles. The highest BCUT2D eigenvalue weighted by atomic mass is 16.2. The molecular formula is C14H12N6O. The summed E-state index contributed by atoms with van der Waals surface area (Å²) in [7, 11) is 1.75. The molecule has 0 aromatic carbocycles. The summed E-state index contributed by atoms with van der Waals surface area (Å²) >= 11 is 0. The highest BCUT2D eigenvalue weighted by Crippen LogP contribution is 2.12. The van der Waals surface area contributed by atoms with Crippen LogP contribution < -0.4 is 5.32 Å². The molecule has 0 saturated carbocycles. The molecule has 0 bridgehead atoms. The van der Waals surface area contributed by atoms with E-state index in [2.05, 4.69) is 25.3 Å². The molecule has 104 valence electrons. The van der Waals surface area contributed by atoms with E-state index < -0.39 is 0 Å². The number of carbonyl (C=O) groups is 1. The summed E-state index contributed by atoms with van der Waals surface area (Å²) in [5.74, 6) is 0.520. The molecule has 3 heterocycles. The first kappa shape index (κ1) is 12.9. The number of imidazole rings is 1. The summed E-state index contributed by atoms with van der Waals surface area (Å²) in [4.78, 5) is 28.5. The molecule has 0 radical (unpaired) electrons. The van der Waals surface area contributed by atoms with Gasteiger partial charge >= 0.3 is 0 Å². The van der Waals surface area contributed by atoms with Crippen molar-refractivity contribution in [2.75, 3.05) is 5.32 Å². The number of rotatable bonds is 3. The molecule has 1 N–H and O–H groups in total. The summed E-state index contributed by atoms with van der Waals surface area (Å²) in [5.41, 5.74) is 1.18. The number of nitrogens with one attached hydrogen (secondary N) is 1. The average Bonchev–Trinajstić information content (AvgIpc) is 2.95. The number of hydrogen-bond donors (Lipinski definition) is 1. The predicted octanol–water partition coefficient (Wildman–Crippen LogP) is 1.52. The van der Waals surface area contributed by atoms with Crippen molar-refractivity contribution in [1.29, 1.82) is 0 Å². The van der Waals surface area contributed by atoms with Gasteiger partial charge in [0.05, 0.1) is 18.1 Å². The number of pyridine rings is 1. The summed E-state index contributed by atoms with van der Waals surface area (Å²) in [6, 6.07) is 5.51. The summed E-state index contributed by atoms with van der Waals surface area (Å²) in [6.45, 7) is 0. The minimum Gasteiger partial charge on any atom is -0.330 e. The molecule has 3 aromatic rings. The van der Waals surface area contributed by atoms with Crippen LogP contribution in [0.15, 0.2) is 49.2 Å². The molecule has 0 fully saturated rings. The van der Waals surface area contributed by atoms with E-state index in [0.717, 1.165) is 0 Å². The topological polar surface area (TPSA) is 85.6 Å². The number of hydrogen-bond acceptors (Lipinski definition) is 5. The lowest BCUT2D eigenvalue weighted by Gasteiger charge is -2.05. The minimum atomic E-state index is -0.309. The number of amides is 1. The van der Waals surface area contributed by atoms with Gasteiger partial charge in [0.1, 0.15) is 5.69 Å². The van der Waals surface area contributed by atoms with Crippen molar-refractivity contribution in [3.8, 4) is 11.5 Å². The number of aryl methyl sites for hydroxylation is 1. The van der Waals surface area contributed by atoms with E-state index in [1.807, 2.05) is 18.2 Å². The van der Waals surface area contributed by atoms with Crippen LogP contribution in [0.25, 0.3) is 11.5 Å². The van der Waals surface area contributed by atoms with E-state index in [4.69, 9.17) is 0 Å². The molecule has 0 saturated heterocycles. The fourth-order valence-electron chi connectivity index (χ4n) is 1.79. The van der Waals surface area contributed by atoms with E-state index >= 15 is 0 Å². The second-order valence-electron chi connectivity index (χ2n) is 4.33. The van der Waals surface area contributed by atoms with E-state index in [0.29, 0.717) is 23.0 Å². The lowest BCUT2D eigenvalue weighted by Crippen LogP contribution is -2.17. The monoisotopic (exact) mass is 280 g/mol. The van der Waals surface area contributed by atoms with Gasteiger partial charge in [-0.15, -0.1) is 0 Å². The first-order valence-corrected chi connectivity index (χ1v) is 6.26. The Balaban J connectivity index is 1.76. The van der Waals surface area contributed by atoms with Crippen LogP contribution >= 0.6 is 0 Å². The van der Waals surface area contributed by atoms with Gasteiger partial charge in [0.15, 0.2) is 11.6 Å². The Kier molecular flexibility index (Phi) is 3.38. The fraction of sp³-hybridized carbons (Fsp3) is 0.0714. The Morgan fingerprint density at radius 1 is 1.10 bits per heavy atom. The highest BCUT2D eigenvalue weighted by Gasteiger charge is 2.11. The molecule has 21 heavy (non-hydrogen) atoms. The van der Waals surface area contributed by atoms with Gasteiger partial charge in [-0.25, -0.2) is 15.0 Å². The average molecular weight is 280 g/mol. The van der Waals surface area contributed by atoms with Crippen molar-refractivity contribution in [1.82, 2.24) is 24.5 Å². The Morgan fingerprint density at radius 3 is 2.52 bits per heavy atom. The quantitative estimate of drug-likeness (QED) is 0.786. The minimum absolute atomic E-state index is 0.309. The van der Waals surface area contributed by atoms with Crippen LogP contribution in [-0.4, -0.2) is 30.4 Å². The van der Waals surface area contributed by atoms with Gasteiger partial charge in [-0.05, 0) is 12.1 Å². The van der Waals surface area contributed by atoms with E-state index in [1.165, 1.54) is 12.4 Å². The second-order valence-corrected chi connectivity index (χ2v) is 4.33. The van der Waals surface area contributed by atoms with E-state index in [9.17, 15) is 4.79 Å². The van der Waals surface area contributed by atoms with Gasteiger partial charge in [0, 0.05) is 25.6 Å². The van der Waals surface area contributed by atoms with E-state index in [-0.39, 0.29) is 5.91 Å². The van der Waals surface area contributed by atoms with Crippen LogP contribution in [0.4, 0.5) is 5.69 Å². The molecule has 0 aliphatic heterocycles. The zero-order chi connectivity index (χ0) is 14.7. The lowest BCUT2D eigenvalue weighted by atomic mass is 10.3. The van der Waals surface area contributed by atoms with Crippen LogP contribution in [-0.2, 0) is 7.05 Å². The van der Waals surface area contributed by atoms with Gasteiger partial charge in [-0.1, -0.05) is 6.07 Å². The Labute approximate surface area is 120 Å². The Morgan fingerprint density at radius 2 is 1.90 bits per heavy atom. The molecule has 1 amide bonds. The van der Waals surface area contributed by atoms with Gasteiger partial charge in [-0.2, -0.15) is 0 Å². The number of carbonyl (C=O) groups excluding carboxylic acids is 1. The largest absolute Gasteiger partial charge is 0.330 e. The van der Waals surface area contributed by atoms with Crippen molar-refractivity contribution in [3.63, 3.8) is 0 Å². The van der Waals surface area contributed by atoms with Crippen molar-refractivity contribution in [2.45, 2.75) is 0 Å². The zero-order valence-corrected chi connectivity index (χ0v) is 11.3. The van der Waals surface area contributed by atoms with Crippen molar-refractivity contribution < 1.29 is 4.79 Å². The summed E-state index contributed by atoms with van der Waals surface area (Å²) < 4.78 is 1.64. The summed E-state index contributed by atoms with van der Waals surface area (Å²) in [5, 5.41) is 2.70. The van der Waals surface area contributed by atoms with Crippen LogP contribution in [0.3, 0.4) is 0 Å². The molecule has 0 aliphatic rings. The molecule has 0 aliphatic carbocycles. The smallest absolute Gasteiger partial charge is 0.291 e. The van der Waals surface area contributed by atoms with Gasteiger partial charge in [0.25, 0.3) is 5.91 Å². The molecule has 7 heteroatoms. The predicted molar refractivity (Wildman–Crippen MR) is 76.4 cm³/mol. The third-order valence-corrected chi connectivity index (χ3v) is 2.83. The van der Waals surface area contributed by atoms with Crippen LogP contribution in [0.5, 0.6) is 0 Å². The van der Waals surface area contributed by atoms with Crippen LogP contribution in [0.1, 0.15) is 10.6 Å². The van der Waals surface area contributed by atoms with Crippen LogP contribution in [0.2, 0.25) is 0 Å². The van der Waals surface area contributed by atoms with Crippen LogP contribution in [0, 0.1) is 0 Å². The van der Waals surface area contributed by atoms with E-state index in [1.54, 1.807) is 30.2 Å².